The summed E-state index contributed by atoms with van der Waals surface area (Å²) in [6.07, 6.45) is 7.08. The number of hydrogen-bond donors (Lipinski definition) is 12. The van der Waals surface area contributed by atoms with Crippen molar-refractivity contribution in [2.24, 2.45) is 28.0 Å². The van der Waals surface area contributed by atoms with Gasteiger partial charge in [0.1, 0.15) is 13.2 Å². The molecule has 16 N–H and O–H groups in total. The van der Waals surface area contributed by atoms with Crippen LogP contribution in [-0.2, 0) is 68.4 Å². The molecule has 96 heavy (non-hydrogen) atoms. The van der Waals surface area contributed by atoms with Crippen molar-refractivity contribution in [1.29, 1.82) is 0 Å². The smallest absolute Gasteiger partial charge is 0.331 e. The Labute approximate surface area is 575 Å². The Balaban J connectivity index is 0.000000501. The lowest BCUT2D eigenvalue weighted by Gasteiger charge is -2.34. The standard InChI is InChI=1S/C34H52N2O7Si2.C18H21N.C10H28N2OSi2.C7H12N2O6.CH5N/c1-9-10-21-44(5,6)43-45(7,8)22-13-20-35-29(37)34(24-42-41,31(39)40)30(38)36-26-18-16-25(17-19-26)33(4)23-32(2,3)27-14-11-12-15-28(27)33;1-17(2)12-18(3,13-8-10-14(19)11-9-13)16-7-5-4-6-15(16)17;1-14(2,9-5-7-11)13-15(3,4)10-6-8-12;1-8-4(10)7(3-15-14,6(12)13)5(11)9-2;1-2/h11-12,14-19,41H,9-10,13,20-24H2,1-8H3,(H,35,37)(H,36,38)(H,39,40);4-11H,12,19H2,1-3H3;5-12H2,1-4H3;14H,3H2,1-2H3,(H,8,10)(H,9,11)(H,12,13);2H2,1H3. The van der Waals surface area contributed by atoms with Gasteiger partial charge in [0.15, 0.2) is 33.3 Å². The van der Waals surface area contributed by atoms with E-state index in [0.29, 0.717) is 12.1 Å². The first-order chi connectivity index (χ1) is 44.7. The van der Waals surface area contributed by atoms with Gasteiger partial charge in [0.05, 0.1) is 0 Å². The van der Waals surface area contributed by atoms with Crippen molar-refractivity contribution in [3.05, 3.63) is 130 Å². The highest BCUT2D eigenvalue weighted by Gasteiger charge is 2.56. The Kier molecular flexibility index (Phi) is 33.4. The lowest BCUT2D eigenvalue weighted by Crippen LogP contribution is -2.57. The van der Waals surface area contributed by atoms with E-state index in [-0.39, 0.29) is 28.2 Å². The molecule has 2 aliphatic rings. The highest BCUT2D eigenvalue weighted by Crippen LogP contribution is 2.54. The lowest BCUT2D eigenvalue weighted by molar-refractivity contribution is -0.259. The number of anilines is 2. The summed E-state index contributed by atoms with van der Waals surface area (Å²) in [5.41, 5.74) is 25.4. The Morgan fingerprint density at radius 2 is 0.833 bits per heavy atom. The fourth-order valence-electron chi connectivity index (χ4n) is 13.6. The zero-order valence-electron chi connectivity index (χ0n) is 60.7. The number of carboxylic acid groups (broad SMARTS) is 2. The maximum Gasteiger partial charge on any atom is 0.331 e. The highest BCUT2D eigenvalue weighted by atomic mass is 28.4. The molecule has 6 rings (SSSR count). The van der Waals surface area contributed by atoms with Crippen molar-refractivity contribution in [1.82, 2.24) is 16.0 Å². The summed E-state index contributed by atoms with van der Waals surface area (Å²) >= 11 is 0. The van der Waals surface area contributed by atoms with Gasteiger partial charge < -0.3 is 62.6 Å². The van der Waals surface area contributed by atoms with E-state index in [1.807, 2.05) is 41.0 Å². The molecular weight excluding hydrogens is 1290 g/mol. The summed E-state index contributed by atoms with van der Waals surface area (Å²) in [6.45, 7) is 33.6. The van der Waals surface area contributed by atoms with Gasteiger partial charge in [-0.15, -0.1) is 0 Å². The number of aliphatic carboxylic acids is 2. The van der Waals surface area contributed by atoms with E-state index in [1.54, 1.807) is 12.1 Å². The van der Waals surface area contributed by atoms with Crippen LogP contribution in [0, 0.1) is 10.8 Å². The molecule has 3 atom stereocenters. The van der Waals surface area contributed by atoms with Crippen LogP contribution in [0.3, 0.4) is 0 Å². The maximum absolute atomic E-state index is 13.4. The number of nitrogen functional groups attached to an aromatic ring is 1. The maximum atomic E-state index is 13.4. The van der Waals surface area contributed by atoms with Gasteiger partial charge in [-0.25, -0.2) is 9.78 Å². The van der Waals surface area contributed by atoms with Gasteiger partial charge in [-0.2, -0.15) is 0 Å². The van der Waals surface area contributed by atoms with Crippen LogP contribution in [0.15, 0.2) is 97.1 Å². The summed E-state index contributed by atoms with van der Waals surface area (Å²) in [7, 11) is -2.91. The molecule has 22 nitrogen and oxygen atoms in total. The van der Waals surface area contributed by atoms with Crippen molar-refractivity contribution in [2.45, 2.75) is 192 Å². The van der Waals surface area contributed by atoms with Crippen LogP contribution in [0.2, 0.25) is 76.6 Å². The average molecular weight is 1410 g/mol. The lowest BCUT2D eigenvalue weighted by atomic mass is 9.75. The van der Waals surface area contributed by atoms with Crippen LogP contribution in [0.5, 0.6) is 0 Å². The number of nitrogens with two attached hydrogens (primary N) is 4. The van der Waals surface area contributed by atoms with Crippen LogP contribution >= 0.6 is 0 Å². The Hall–Kier alpha value is -5.99. The number of unbranched alkanes of at least 4 members (excludes halogenated alkanes) is 1. The third-order valence-electron chi connectivity index (χ3n) is 18.2. The second-order valence-corrected chi connectivity index (χ2v) is 46.9. The van der Waals surface area contributed by atoms with Gasteiger partial charge in [0, 0.05) is 42.8 Å². The van der Waals surface area contributed by atoms with Crippen molar-refractivity contribution < 1.29 is 67.5 Å². The van der Waals surface area contributed by atoms with Crippen LogP contribution in [-0.4, -0.2) is 144 Å². The largest absolute Gasteiger partial charge is 0.480 e. The third-order valence-corrected chi connectivity index (χ3v) is 33.2. The molecule has 2 aliphatic carbocycles. The number of amides is 4. The van der Waals surface area contributed by atoms with E-state index in [9.17, 15) is 39.1 Å². The number of nitrogens with one attached hydrogen (secondary N) is 4. The predicted octanol–water partition coefficient (Wildman–Crippen LogP) is 10.9. The fraction of sp³-hybridized carbons (Fsp3) is 0.571. The fourth-order valence-corrected chi connectivity index (χ4v) is 31.6. The van der Waals surface area contributed by atoms with E-state index in [2.05, 4.69) is 182 Å². The summed E-state index contributed by atoms with van der Waals surface area (Å²) < 4.78 is 13.0. The van der Waals surface area contributed by atoms with Crippen molar-refractivity contribution >= 4 is 80.2 Å². The van der Waals surface area contributed by atoms with Crippen molar-refractivity contribution in [2.75, 3.05) is 65.0 Å². The van der Waals surface area contributed by atoms with Gasteiger partial charge in [0.2, 0.25) is 28.6 Å². The number of carboxylic acids is 2. The number of benzene rings is 4. The summed E-state index contributed by atoms with van der Waals surface area (Å²) in [5.74, 6) is -7.74. The first kappa shape index (κ1) is 86.1. The second kappa shape index (κ2) is 37.3. The molecule has 0 aromatic heterocycles. The van der Waals surface area contributed by atoms with Crippen molar-refractivity contribution in [3.8, 4) is 0 Å². The minimum atomic E-state index is -2.69. The Bertz CT molecular complexity index is 3120. The molecule has 4 amide bonds. The molecule has 0 saturated heterocycles. The molecule has 0 radical (unpaired) electrons. The molecule has 0 bridgehead atoms. The number of hydrogen-bond acceptors (Lipinski definition) is 16. The number of carbonyl (C=O) groups is 6. The van der Waals surface area contributed by atoms with Crippen LogP contribution in [0.1, 0.15) is 127 Å². The van der Waals surface area contributed by atoms with Gasteiger partial charge in [0.25, 0.3) is 5.91 Å². The van der Waals surface area contributed by atoms with Crippen LogP contribution in [0.25, 0.3) is 0 Å². The summed E-state index contributed by atoms with van der Waals surface area (Å²) in [6, 6.07) is 37.1. The molecule has 0 fully saturated rings. The number of fused-ring (bicyclic) bond motifs is 2. The first-order valence-electron chi connectivity index (χ1n) is 33.3. The van der Waals surface area contributed by atoms with Gasteiger partial charge >= 0.3 is 11.9 Å². The van der Waals surface area contributed by atoms with Gasteiger partial charge in [-0.3, -0.25) is 39.3 Å². The highest BCUT2D eigenvalue weighted by molar-refractivity contribution is 6.85. The molecule has 3 unspecified atom stereocenters. The molecule has 0 saturated carbocycles. The molecule has 4 aromatic rings. The average Bonchev–Trinajstić information content (AvgIpc) is 1.58. The van der Waals surface area contributed by atoms with E-state index in [0.717, 1.165) is 75.0 Å². The molecule has 4 aromatic carbocycles. The SMILES string of the molecule is CC1(C)CC(C)(c2ccc(N)cc2)c2ccccc21.CCCC[Si](C)(C)O[Si](C)(C)CCCNC(=O)C(COO)(C(=O)O)C(=O)Nc1ccc(C2(C)CC(C)(C)c3ccccc32)cc1.CN.CNC(=O)C(COO)(C(=O)O)C(=O)NC.C[Si](C)(CCCN)O[Si](C)(C)CCCN. The molecule has 0 spiro atoms. The molecule has 26 heteroatoms. The van der Waals surface area contributed by atoms with E-state index >= 15 is 0 Å². The third kappa shape index (κ3) is 22.8. The first-order valence-corrected chi connectivity index (χ1v) is 45.7. The molecular formula is C70H118N8O14Si4. The summed E-state index contributed by atoms with van der Waals surface area (Å²) in [5, 5.41) is 45.6. The zero-order valence-corrected chi connectivity index (χ0v) is 64.7. The summed E-state index contributed by atoms with van der Waals surface area (Å²) in [4.78, 5) is 80.5. The van der Waals surface area contributed by atoms with Crippen LogP contribution < -0.4 is 44.2 Å². The van der Waals surface area contributed by atoms with E-state index in [4.69, 9.17) is 35.8 Å². The minimum Gasteiger partial charge on any atom is -0.480 e. The molecule has 0 heterocycles. The van der Waals surface area contributed by atoms with Gasteiger partial charge in [-0.1, -0.05) is 134 Å². The Morgan fingerprint density at radius 1 is 0.500 bits per heavy atom. The second-order valence-electron chi connectivity index (χ2n) is 29.1. The molecule has 0 aliphatic heterocycles. The topological polar surface area (TPSA) is 372 Å². The van der Waals surface area contributed by atoms with Crippen molar-refractivity contribution in [3.63, 3.8) is 0 Å². The number of rotatable bonds is 30. The molecule has 538 valence electrons. The minimum absolute atomic E-state index is 0.00507. The van der Waals surface area contributed by atoms with E-state index in [1.165, 1.54) is 61.0 Å². The number of carbonyl (C=O) groups excluding carboxylic acids is 4. The van der Waals surface area contributed by atoms with Gasteiger partial charge in [-0.05, 0) is 197 Å². The zero-order chi connectivity index (χ0) is 73.4. The monoisotopic (exact) mass is 1410 g/mol. The predicted molar refractivity (Wildman–Crippen MR) is 394 cm³/mol. The quantitative estimate of drug-likeness (QED) is 0.00576. The normalized spacial score (nSPS) is 17.4. The van der Waals surface area contributed by atoms with E-state index < -0.39 is 92.9 Å². The Morgan fingerprint density at radius 3 is 1.17 bits per heavy atom. The van der Waals surface area contributed by atoms with Crippen LogP contribution in [0.4, 0.5) is 11.4 Å².